The molecule has 0 saturated carbocycles. The third-order valence-electron chi connectivity index (χ3n) is 2.59. The number of halogens is 1. The summed E-state index contributed by atoms with van der Waals surface area (Å²) in [5.74, 6) is 0.453. The Labute approximate surface area is 97.5 Å². The van der Waals surface area contributed by atoms with Crippen LogP contribution in [-0.4, -0.2) is 37.7 Å². The van der Waals surface area contributed by atoms with E-state index in [0.717, 1.165) is 6.54 Å². The second-order valence-corrected chi connectivity index (χ2v) is 4.10. The number of hydrogen-bond acceptors (Lipinski definition) is 3. The van der Waals surface area contributed by atoms with Crippen LogP contribution >= 0.6 is 12.4 Å². The van der Waals surface area contributed by atoms with Gasteiger partial charge in [0.1, 0.15) is 6.10 Å². The molecule has 0 aromatic rings. The van der Waals surface area contributed by atoms with Crippen molar-refractivity contribution in [2.75, 3.05) is 19.7 Å². The van der Waals surface area contributed by atoms with Gasteiger partial charge >= 0.3 is 0 Å². The summed E-state index contributed by atoms with van der Waals surface area (Å²) in [5, 5.41) is 6.08. The van der Waals surface area contributed by atoms with Crippen LogP contribution in [0.3, 0.4) is 0 Å². The number of ether oxygens (including phenoxy) is 1. The fourth-order valence-electron chi connectivity index (χ4n) is 1.22. The standard InChI is InChI=1S/C10H20N2O2.ClH/c1-7(2)8(3)12-10(13)9-6-11-4-5-14-9;/h7-9,11H,4-6H2,1-3H3,(H,12,13);1H. The molecule has 90 valence electrons. The van der Waals surface area contributed by atoms with Crippen LogP contribution in [0.25, 0.3) is 0 Å². The zero-order chi connectivity index (χ0) is 10.6. The van der Waals surface area contributed by atoms with Crippen molar-refractivity contribution in [3.05, 3.63) is 0 Å². The second kappa shape index (κ2) is 7.04. The summed E-state index contributed by atoms with van der Waals surface area (Å²) in [7, 11) is 0. The van der Waals surface area contributed by atoms with Crippen LogP contribution in [0.1, 0.15) is 20.8 Å². The number of carbonyl (C=O) groups is 1. The van der Waals surface area contributed by atoms with Gasteiger partial charge in [0, 0.05) is 19.1 Å². The minimum atomic E-state index is -0.315. The largest absolute Gasteiger partial charge is 0.366 e. The minimum absolute atomic E-state index is 0. The van der Waals surface area contributed by atoms with Gasteiger partial charge in [-0.2, -0.15) is 0 Å². The highest BCUT2D eigenvalue weighted by Gasteiger charge is 2.23. The molecule has 1 saturated heterocycles. The molecule has 0 bridgehead atoms. The maximum Gasteiger partial charge on any atom is 0.250 e. The van der Waals surface area contributed by atoms with Crippen LogP contribution in [0.4, 0.5) is 0 Å². The van der Waals surface area contributed by atoms with E-state index >= 15 is 0 Å². The Morgan fingerprint density at radius 2 is 2.13 bits per heavy atom. The molecule has 4 nitrogen and oxygen atoms in total. The summed E-state index contributed by atoms with van der Waals surface area (Å²) in [6.07, 6.45) is -0.315. The quantitative estimate of drug-likeness (QED) is 0.753. The summed E-state index contributed by atoms with van der Waals surface area (Å²) in [6.45, 7) is 8.27. The lowest BCUT2D eigenvalue weighted by Gasteiger charge is -2.25. The Balaban J connectivity index is 0.00000196. The average molecular weight is 237 g/mol. The maximum absolute atomic E-state index is 11.6. The molecule has 2 N–H and O–H groups in total. The van der Waals surface area contributed by atoms with E-state index in [9.17, 15) is 4.79 Å². The van der Waals surface area contributed by atoms with E-state index in [1.807, 2.05) is 6.92 Å². The van der Waals surface area contributed by atoms with E-state index < -0.39 is 0 Å². The van der Waals surface area contributed by atoms with Gasteiger partial charge in [0.25, 0.3) is 5.91 Å². The summed E-state index contributed by atoms with van der Waals surface area (Å²) >= 11 is 0. The molecule has 1 rings (SSSR count). The van der Waals surface area contributed by atoms with Gasteiger partial charge in [0.15, 0.2) is 0 Å². The maximum atomic E-state index is 11.6. The van der Waals surface area contributed by atoms with Crippen LogP contribution < -0.4 is 10.6 Å². The molecule has 5 heteroatoms. The number of carbonyl (C=O) groups excluding carboxylic acids is 1. The van der Waals surface area contributed by atoms with E-state index in [1.54, 1.807) is 0 Å². The van der Waals surface area contributed by atoms with Crippen molar-refractivity contribution in [2.45, 2.75) is 32.9 Å². The molecule has 0 radical (unpaired) electrons. The van der Waals surface area contributed by atoms with Gasteiger partial charge in [-0.3, -0.25) is 4.79 Å². The highest BCUT2D eigenvalue weighted by Crippen LogP contribution is 2.02. The van der Waals surface area contributed by atoms with Crippen LogP contribution in [0.2, 0.25) is 0 Å². The molecule has 0 aromatic heterocycles. The predicted molar refractivity (Wildman–Crippen MR) is 62.3 cm³/mol. The summed E-state index contributed by atoms with van der Waals surface area (Å²) in [5.41, 5.74) is 0. The first kappa shape index (κ1) is 14.7. The number of morpholine rings is 1. The number of rotatable bonds is 3. The lowest BCUT2D eigenvalue weighted by molar-refractivity contribution is -0.135. The monoisotopic (exact) mass is 236 g/mol. The van der Waals surface area contributed by atoms with Crippen LogP contribution in [0.15, 0.2) is 0 Å². The second-order valence-electron chi connectivity index (χ2n) is 4.10. The molecular formula is C10H21ClN2O2. The molecule has 2 unspecified atom stereocenters. The van der Waals surface area contributed by atoms with Gasteiger partial charge in [-0.25, -0.2) is 0 Å². The Kier molecular flexibility index (Phi) is 6.89. The minimum Gasteiger partial charge on any atom is -0.366 e. The van der Waals surface area contributed by atoms with Crippen molar-refractivity contribution in [3.8, 4) is 0 Å². The highest BCUT2D eigenvalue weighted by molar-refractivity contribution is 5.85. The number of amides is 1. The normalized spacial score (nSPS) is 23.1. The Morgan fingerprint density at radius 3 is 2.60 bits per heavy atom. The first-order valence-electron chi connectivity index (χ1n) is 5.24. The molecule has 0 aliphatic carbocycles. The molecule has 1 aliphatic rings. The summed E-state index contributed by atoms with van der Waals surface area (Å²) in [4.78, 5) is 11.6. The average Bonchev–Trinajstić information content (AvgIpc) is 2.19. The van der Waals surface area contributed by atoms with E-state index in [-0.39, 0.29) is 30.5 Å². The lowest BCUT2D eigenvalue weighted by atomic mass is 10.1. The summed E-state index contributed by atoms with van der Waals surface area (Å²) in [6, 6.07) is 0.202. The first-order valence-corrected chi connectivity index (χ1v) is 5.24. The highest BCUT2D eigenvalue weighted by atomic mass is 35.5. The SMILES string of the molecule is CC(C)C(C)NC(=O)C1CNCCO1.Cl. The van der Waals surface area contributed by atoms with E-state index in [0.29, 0.717) is 19.1 Å². The Hall–Kier alpha value is -0.320. The number of nitrogens with one attached hydrogen (secondary N) is 2. The number of hydrogen-bond donors (Lipinski definition) is 2. The molecule has 0 aromatic carbocycles. The van der Waals surface area contributed by atoms with Crippen LogP contribution in [0, 0.1) is 5.92 Å². The van der Waals surface area contributed by atoms with E-state index in [1.165, 1.54) is 0 Å². The predicted octanol–water partition coefficient (Wildman–Crippen LogP) is 0.557. The van der Waals surface area contributed by atoms with Crippen molar-refractivity contribution in [3.63, 3.8) is 0 Å². The zero-order valence-electron chi connectivity index (χ0n) is 9.58. The van der Waals surface area contributed by atoms with Crippen LogP contribution in [-0.2, 0) is 9.53 Å². The topological polar surface area (TPSA) is 50.4 Å². The van der Waals surface area contributed by atoms with Gasteiger partial charge in [-0.1, -0.05) is 13.8 Å². The third kappa shape index (κ3) is 4.82. The van der Waals surface area contributed by atoms with Gasteiger partial charge in [-0.15, -0.1) is 12.4 Å². The molecule has 1 amide bonds. The fourth-order valence-corrected chi connectivity index (χ4v) is 1.22. The van der Waals surface area contributed by atoms with Crippen molar-refractivity contribution in [1.29, 1.82) is 0 Å². The third-order valence-corrected chi connectivity index (χ3v) is 2.59. The van der Waals surface area contributed by atoms with Crippen molar-refractivity contribution >= 4 is 18.3 Å². The zero-order valence-corrected chi connectivity index (χ0v) is 10.4. The molecule has 1 aliphatic heterocycles. The molecule has 0 spiro atoms. The van der Waals surface area contributed by atoms with Crippen molar-refractivity contribution in [2.24, 2.45) is 5.92 Å². The molecular weight excluding hydrogens is 216 g/mol. The Morgan fingerprint density at radius 1 is 1.47 bits per heavy atom. The Bertz CT molecular complexity index is 194. The molecule has 1 fully saturated rings. The van der Waals surface area contributed by atoms with Gasteiger partial charge in [0.05, 0.1) is 6.61 Å². The molecule has 2 atom stereocenters. The molecule has 15 heavy (non-hydrogen) atoms. The van der Waals surface area contributed by atoms with Gasteiger partial charge < -0.3 is 15.4 Å². The van der Waals surface area contributed by atoms with Crippen molar-refractivity contribution < 1.29 is 9.53 Å². The van der Waals surface area contributed by atoms with E-state index in [4.69, 9.17) is 4.74 Å². The van der Waals surface area contributed by atoms with Crippen LogP contribution in [0.5, 0.6) is 0 Å². The lowest BCUT2D eigenvalue weighted by Crippen LogP contribution is -2.50. The van der Waals surface area contributed by atoms with Gasteiger partial charge in [-0.05, 0) is 12.8 Å². The van der Waals surface area contributed by atoms with Gasteiger partial charge in [0.2, 0.25) is 0 Å². The summed E-state index contributed by atoms with van der Waals surface area (Å²) < 4.78 is 5.35. The molecule has 1 heterocycles. The van der Waals surface area contributed by atoms with Crippen molar-refractivity contribution in [1.82, 2.24) is 10.6 Å². The smallest absolute Gasteiger partial charge is 0.250 e. The fraction of sp³-hybridized carbons (Fsp3) is 0.900. The van der Waals surface area contributed by atoms with E-state index in [2.05, 4.69) is 24.5 Å². The first-order chi connectivity index (χ1) is 6.61.